The third-order valence-corrected chi connectivity index (χ3v) is 3.17. The van der Waals surface area contributed by atoms with Gasteiger partial charge in [-0.1, -0.05) is 5.21 Å². The van der Waals surface area contributed by atoms with Gasteiger partial charge in [-0.15, -0.1) is 5.10 Å². The zero-order valence-electron chi connectivity index (χ0n) is 11.8. The minimum Gasteiger partial charge on any atom is -0.455 e. The molecule has 0 bridgehead atoms. The van der Waals surface area contributed by atoms with Crippen molar-refractivity contribution in [1.82, 2.24) is 15.0 Å². The lowest BCUT2D eigenvalue weighted by Gasteiger charge is -2.18. The first-order valence-corrected chi connectivity index (χ1v) is 7.87. The Labute approximate surface area is 112 Å². The lowest BCUT2D eigenvalue weighted by atomic mass is 10.2. The number of nitrogens with zero attached hydrogens (tertiary/aromatic N) is 3. The van der Waals surface area contributed by atoms with E-state index in [-0.39, 0.29) is 18.0 Å². The molecule has 0 aliphatic heterocycles. The van der Waals surface area contributed by atoms with Crippen molar-refractivity contribution in [2.24, 2.45) is 0 Å². The van der Waals surface area contributed by atoms with Crippen LogP contribution in [0.4, 0.5) is 0 Å². The van der Waals surface area contributed by atoms with Gasteiger partial charge in [-0.05, 0) is 27.7 Å². The van der Waals surface area contributed by atoms with Gasteiger partial charge in [-0.25, -0.2) is 17.9 Å². The van der Waals surface area contributed by atoms with Crippen molar-refractivity contribution in [2.45, 2.75) is 39.8 Å². The molecule has 0 saturated heterocycles. The van der Waals surface area contributed by atoms with Crippen molar-refractivity contribution in [3.8, 4) is 0 Å². The van der Waals surface area contributed by atoms with Gasteiger partial charge in [0, 0.05) is 6.26 Å². The highest BCUT2D eigenvalue weighted by atomic mass is 32.2. The Hall–Kier alpha value is -1.44. The van der Waals surface area contributed by atoms with Crippen molar-refractivity contribution < 1.29 is 17.9 Å². The second-order valence-corrected chi connectivity index (χ2v) is 7.64. The first-order valence-electron chi connectivity index (χ1n) is 5.81. The average Bonchev–Trinajstić information content (AvgIpc) is 2.53. The minimum atomic E-state index is -3.08. The van der Waals surface area contributed by atoms with Crippen molar-refractivity contribution in [3.63, 3.8) is 0 Å². The molecule has 0 atom stereocenters. The van der Waals surface area contributed by atoms with Crippen LogP contribution in [0.3, 0.4) is 0 Å². The van der Waals surface area contributed by atoms with Crippen molar-refractivity contribution in [2.75, 3.05) is 12.0 Å². The molecule has 0 saturated carbocycles. The van der Waals surface area contributed by atoms with Crippen LogP contribution in [0, 0.1) is 6.92 Å². The molecule has 1 rings (SSSR count). The maximum atomic E-state index is 11.8. The standard InChI is InChI=1S/C11H19N3O4S/c1-8-9(10(15)18-11(2,3)4)12-13-14(8)6-7-19(5,16)17/h6-7H2,1-5H3. The Morgan fingerprint density at radius 2 is 1.95 bits per heavy atom. The number of hydrogen-bond acceptors (Lipinski definition) is 6. The van der Waals surface area contributed by atoms with Gasteiger partial charge in [0.05, 0.1) is 18.0 Å². The summed E-state index contributed by atoms with van der Waals surface area (Å²) >= 11 is 0. The van der Waals surface area contributed by atoms with Crippen LogP contribution in [0.1, 0.15) is 37.0 Å². The molecule has 0 aromatic carbocycles. The highest BCUT2D eigenvalue weighted by Crippen LogP contribution is 2.13. The molecule has 0 N–H and O–H groups in total. The van der Waals surface area contributed by atoms with Crippen molar-refractivity contribution in [3.05, 3.63) is 11.4 Å². The SMILES string of the molecule is Cc1c(C(=O)OC(C)(C)C)nnn1CCS(C)(=O)=O. The molecule has 1 heterocycles. The third-order valence-electron chi connectivity index (χ3n) is 2.25. The molecule has 108 valence electrons. The monoisotopic (exact) mass is 289 g/mol. The molecule has 1 aromatic rings. The Kier molecular flexibility index (Phi) is 4.34. The first-order chi connectivity index (χ1) is 8.49. The van der Waals surface area contributed by atoms with E-state index in [1.165, 1.54) is 4.68 Å². The zero-order valence-corrected chi connectivity index (χ0v) is 12.6. The maximum Gasteiger partial charge on any atom is 0.361 e. The fourth-order valence-electron chi connectivity index (χ4n) is 1.34. The second-order valence-electron chi connectivity index (χ2n) is 5.38. The molecule has 7 nitrogen and oxygen atoms in total. The Balaban J connectivity index is 2.84. The largest absolute Gasteiger partial charge is 0.455 e. The van der Waals surface area contributed by atoms with Crippen molar-refractivity contribution in [1.29, 1.82) is 0 Å². The van der Waals surface area contributed by atoms with Gasteiger partial charge in [0.1, 0.15) is 15.4 Å². The van der Waals surface area contributed by atoms with Crippen molar-refractivity contribution >= 4 is 15.8 Å². The van der Waals surface area contributed by atoms with Crippen LogP contribution in [0.15, 0.2) is 0 Å². The molecule has 0 fully saturated rings. The average molecular weight is 289 g/mol. The van der Waals surface area contributed by atoms with Crippen LogP contribution in [-0.2, 0) is 21.1 Å². The Morgan fingerprint density at radius 1 is 1.37 bits per heavy atom. The van der Waals surface area contributed by atoms with Gasteiger partial charge in [0.2, 0.25) is 0 Å². The number of aromatic nitrogens is 3. The maximum absolute atomic E-state index is 11.8. The van der Waals surface area contributed by atoms with Gasteiger partial charge in [-0.2, -0.15) is 0 Å². The summed E-state index contributed by atoms with van der Waals surface area (Å²) in [6, 6.07) is 0. The molecular weight excluding hydrogens is 270 g/mol. The van der Waals surface area contributed by atoms with E-state index in [4.69, 9.17) is 4.74 Å². The Morgan fingerprint density at radius 3 is 2.42 bits per heavy atom. The van der Waals surface area contributed by atoms with E-state index in [0.717, 1.165) is 6.26 Å². The molecule has 8 heteroatoms. The molecular formula is C11H19N3O4S. The highest BCUT2D eigenvalue weighted by Gasteiger charge is 2.23. The van der Waals surface area contributed by atoms with E-state index in [2.05, 4.69) is 10.3 Å². The van der Waals surface area contributed by atoms with Gasteiger partial charge < -0.3 is 4.74 Å². The summed E-state index contributed by atoms with van der Waals surface area (Å²) in [5, 5.41) is 7.52. The number of aryl methyl sites for hydroxylation is 1. The summed E-state index contributed by atoms with van der Waals surface area (Å²) < 4.78 is 28.8. The molecule has 0 spiro atoms. The number of rotatable bonds is 4. The topological polar surface area (TPSA) is 91.2 Å². The number of carbonyl (C=O) groups excluding carboxylic acids is 1. The predicted octanol–water partition coefficient (Wildman–Crippen LogP) is 0.586. The normalized spacial score (nSPS) is 12.5. The number of hydrogen-bond donors (Lipinski definition) is 0. The number of ether oxygens (including phenoxy) is 1. The fourth-order valence-corrected chi connectivity index (χ4v) is 1.84. The molecule has 0 aliphatic carbocycles. The highest BCUT2D eigenvalue weighted by molar-refractivity contribution is 7.90. The first kappa shape index (κ1) is 15.6. The van der Waals surface area contributed by atoms with E-state index < -0.39 is 21.4 Å². The van der Waals surface area contributed by atoms with Crippen LogP contribution in [0.5, 0.6) is 0 Å². The van der Waals surface area contributed by atoms with Crippen LogP contribution >= 0.6 is 0 Å². The predicted molar refractivity (Wildman–Crippen MR) is 69.6 cm³/mol. The summed E-state index contributed by atoms with van der Waals surface area (Å²) in [5.41, 5.74) is 0.00129. The lowest BCUT2D eigenvalue weighted by molar-refractivity contribution is 0.00618. The molecule has 0 aliphatic rings. The molecule has 0 amide bonds. The summed E-state index contributed by atoms with van der Waals surface area (Å²) in [4.78, 5) is 11.8. The second kappa shape index (κ2) is 5.28. The van der Waals surface area contributed by atoms with Gasteiger partial charge >= 0.3 is 5.97 Å². The van der Waals surface area contributed by atoms with E-state index in [9.17, 15) is 13.2 Å². The molecule has 1 aromatic heterocycles. The van der Waals surface area contributed by atoms with Gasteiger partial charge in [0.15, 0.2) is 5.69 Å². The van der Waals surface area contributed by atoms with Crippen LogP contribution in [0.25, 0.3) is 0 Å². The van der Waals surface area contributed by atoms with E-state index >= 15 is 0 Å². The molecule has 19 heavy (non-hydrogen) atoms. The van der Waals surface area contributed by atoms with Crippen LogP contribution in [0.2, 0.25) is 0 Å². The summed E-state index contributed by atoms with van der Waals surface area (Å²) in [6.45, 7) is 7.10. The summed E-state index contributed by atoms with van der Waals surface area (Å²) in [6.07, 6.45) is 1.15. The third kappa shape index (κ3) is 4.98. The summed E-state index contributed by atoms with van der Waals surface area (Å²) in [7, 11) is -3.08. The van der Waals surface area contributed by atoms with Gasteiger partial charge in [-0.3, -0.25) is 0 Å². The fraction of sp³-hybridized carbons (Fsp3) is 0.727. The van der Waals surface area contributed by atoms with Crippen LogP contribution < -0.4 is 0 Å². The minimum absolute atomic E-state index is 0.0506. The lowest BCUT2D eigenvalue weighted by Crippen LogP contribution is -2.24. The summed E-state index contributed by atoms with van der Waals surface area (Å²) in [5.74, 6) is -0.610. The quantitative estimate of drug-likeness (QED) is 0.753. The molecule has 0 radical (unpaired) electrons. The molecule has 0 unspecified atom stereocenters. The van der Waals surface area contributed by atoms with Gasteiger partial charge in [0.25, 0.3) is 0 Å². The number of sulfone groups is 1. The number of esters is 1. The number of carbonyl (C=O) groups is 1. The Bertz CT molecular complexity index is 569. The zero-order chi connectivity index (χ0) is 14.8. The van der Waals surface area contributed by atoms with E-state index in [1.807, 2.05) is 0 Å². The smallest absolute Gasteiger partial charge is 0.361 e. The van der Waals surface area contributed by atoms with Crippen LogP contribution in [-0.4, -0.2) is 47.0 Å². The van der Waals surface area contributed by atoms with E-state index in [0.29, 0.717) is 5.69 Å². The van der Waals surface area contributed by atoms with E-state index in [1.54, 1.807) is 27.7 Å².